The molecular formula is C17H24N2O3. The molecule has 2 amide bonds. The van der Waals surface area contributed by atoms with E-state index >= 15 is 0 Å². The molecule has 2 N–H and O–H groups in total. The SMILES string of the molecule is C=CCOC(=O)NCC[C@H](CCNC(C)=O)c1ccccc1. The van der Waals surface area contributed by atoms with Gasteiger partial charge in [0.1, 0.15) is 6.61 Å². The van der Waals surface area contributed by atoms with Crippen molar-refractivity contribution in [3.05, 3.63) is 48.6 Å². The van der Waals surface area contributed by atoms with Crippen molar-refractivity contribution in [2.45, 2.75) is 25.7 Å². The lowest BCUT2D eigenvalue weighted by atomic mass is 9.92. The second kappa shape index (κ2) is 10.4. The average Bonchev–Trinajstić information content (AvgIpc) is 2.52. The molecule has 0 fully saturated rings. The minimum absolute atomic E-state index is 0.0297. The fourth-order valence-electron chi connectivity index (χ4n) is 2.16. The number of carbonyl (C=O) groups is 2. The van der Waals surface area contributed by atoms with E-state index in [0.717, 1.165) is 12.8 Å². The average molecular weight is 304 g/mol. The third-order valence-corrected chi connectivity index (χ3v) is 3.23. The number of benzene rings is 1. The molecule has 0 aliphatic rings. The zero-order chi connectivity index (χ0) is 16.2. The summed E-state index contributed by atoms with van der Waals surface area (Å²) in [4.78, 5) is 22.4. The van der Waals surface area contributed by atoms with Gasteiger partial charge in [0.15, 0.2) is 0 Å². The molecule has 1 aromatic carbocycles. The molecule has 22 heavy (non-hydrogen) atoms. The molecule has 1 atom stereocenters. The quantitative estimate of drug-likeness (QED) is 0.689. The van der Waals surface area contributed by atoms with Gasteiger partial charge in [-0.15, -0.1) is 0 Å². The van der Waals surface area contributed by atoms with Crippen LogP contribution < -0.4 is 10.6 Å². The van der Waals surface area contributed by atoms with E-state index in [0.29, 0.717) is 13.1 Å². The van der Waals surface area contributed by atoms with Gasteiger partial charge in [0.2, 0.25) is 5.91 Å². The van der Waals surface area contributed by atoms with Crippen molar-refractivity contribution in [3.63, 3.8) is 0 Å². The van der Waals surface area contributed by atoms with Crippen LogP contribution in [-0.2, 0) is 9.53 Å². The molecule has 120 valence electrons. The Morgan fingerprint density at radius 2 is 1.82 bits per heavy atom. The summed E-state index contributed by atoms with van der Waals surface area (Å²) in [5.74, 6) is 0.241. The smallest absolute Gasteiger partial charge is 0.407 e. The van der Waals surface area contributed by atoms with Gasteiger partial charge in [0.05, 0.1) is 0 Å². The van der Waals surface area contributed by atoms with Crippen LogP contribution in [0.3, 0.4) is 0 Å². The van der Waals surface area contributed by atoms with Gasteiger partial charge < -0.3 is 15.4 Å². The van der Waals surface area contributed by atoms with Crippen molar-refractivity contribution in [3.8, 4) is 0 Å². The highest BCUT2D eigenvalue weighted by Gasteiger charge is 2.12. The maximum Gasteiger partial charge on any atom is 0.407 e. The van der Waals surface area contributed by atoms with Gasteiger partial charge in [-0.05, 0) is 24.3 Å². The Kier molecular flexibility index (Phi) is 8.42. The lowest BCUT2D eigenvalue weighted by Crippen LogP contribution is -2.27. The van der Waals surface area contributed by atoms with E-state index in [2.05, 4.69) is 29.3 Å². The molecule has 0 saturated heterocycles. The number of nitrogens with one attached hydrogen (secondary N) is 2. The highest BCUT2D eigenvalue weighted by molar-refractivity contribution is 5.72. The second-order valence-electron chi connectivity index (χ2n) is 4.98. The number of rotatable bonds is 9. The number of amides is 2. The van der Waals surface area contributed by atoms with Crippen molar-refractivity contribution < 1.29 is 14.3 Å². The second-order valence-corrected chi connectivity index (χ2v) is 4.98. The fourth-order valence-corrected chi connectivity index (χ4v) is 2.16. The van der Waals surface area contributed by atoms with E-state index in [-0.39, 0.29) is 18.4 Å². The molecule has 0 aliphatic heterocycles. The molecule has 1 rings (SSSR count). The zero-order valence-electron chi connectivity index (χ0n) is 13.0. The van der Waals surface area contributed by atoms with Crippen LogP contribution in [0.15, 0.2) is 43.0 Å². The van der Waals surface area contributed by atoms with Crippen LogP contribution in [-0.4, -0.2) is 31.7 Å². The van der Waals surface area contributed by atoms with Crippen LogP contribution in [0.25, 0.3) is 0 Å². The first kappa shape index (κ1) is 17.8. The predicted molar refractivity (Wildman–Crippen MR) is 86.6 cm³/mol. The summed E-state index contributed by atoms with van der Waals surface area (Å²) < 4.78 is 4.87. The Morgan fingerprint density at radius 3 is 2.41 bits per heavy atom. The Balaban J connectivity index is 2.46. The van der Waals surface area contributed by atoms with Gasteiger partial charge in [-0.2, -0.15) is 0 Å². The third kappa shape index (κ3) is 7.47. The van der Waals surface area contributed by atoms with Gasteiger partial charge in [0, 0.05) is 20.0 Å². The minimum Gasteiger partial charge on any atom is -0.445 e. The normalized spacial score (nSPS) is 11.3. The molecule has 0 heterocycles. The Bertz CT molecular complexity index is 474. The number of ether oxygens (including phenoxy) is 1. The Labute approximate surface area is 131 Å². The highest BCUT2D eigenvalue weighted by atomic mass is 16.5. The summed E-state index contributed by atoms with van der Waals surface area (Å²) in [6, 6.07) is 10.1. The standard InChI is InChI=1S/C17H24N2O3/c1-3-13-22-17(21)19-12-10-16(9-11-18-14(2)20)15-7-5-4-6-8-15/h3-8,16H,1,9-13H2,2H3,(H,18,20)(H,19,21)/t16-/m0/s1. The summed E-state index contributed by atoms with van der Waals surface area (Å²) in [5.41, 5.74) is 1.20. The highest BCUT2D eigenvalue weighted by Crippen LogP contribution is 2.22. The van der Waals surface area contributed by atoms with E-state index in [1.807, 2.05) is 18.2 Å². The number of carbonyl (C=O) groups excluding carboxylic acids is 2. The molecule has 0 spiro atoms. The van der Waals surface area contributed by atoms with Gasteiger partial charge in [-0.25, -0.2) is 4.79 Å². The van der Waals surface area contributed by atoms with E-state index in [1.54, 1.807) is 0 Å². The molecule has 0 bridgehead atoms. The maximum atomic E-state index is 11.4. The van der Waals surface area contributed by atoms with Gasteiger partial charge in [0.25, 0.3) is 0 Å². The lowest BCUT2D eigenvalue weighted by molar-refractivity contribution is -0.118. The lowest BCUT2D eigenvalue weighted by Gasteiger charge is -2.18. The van der Waals surface area contributed by atoms with Crippen molar-refractivity contribution in [1.82, 2.24) is 10.6 Å². The largest absolute Gasteiger partial charge is 0.445 e. The van der Waals surface area contributed by atoms with Gasteiger partial charge in [-0.3, -0.25) is 4.79 Å². The molecule has 0 aromatic heterocycles. The number of hydrogen-bond donors (Lipinski definition) is 2. The first-order valence-electron chi connectivity index (χ1n) is 7.44. The van der Waals surface area contributed by atoms with Crippen LogP contribution in [0, 0.1) is 0 Å². The third-order valence-electron chi connectivity index (χ3n) is 3.23. The van der Waals surface area contributed by atoms with Gasteiger partial charge >= 0.3 is 6.09 Å². The maximum absolute atomic E-state index is 11.4. The van der Waals surface area contributed by atoms with Crippen LogP contribution >= 0.6 is 0 Å². The van der Waals surface area contributed by atoms with Crippen molar-refractivity contribution in [2.24, 2.45) is 0 Å². The Hall–Kier alpha value is -2.30. The monoisotopic (exact) mass is 304 g/mol. The van der Waals surface area contributed by atoms with E-state index < -0.39 is 6.09 Å². The first-order chi connectivity index (χ1) is 10.6. The molecule has 5 heteroatoms. The number of hydrogen-bond acceptors (Lipinski definition) is 3. The van der Waals surface area contributed by atoms with Crippen molar-refractivity contribution in [1.29, 1.82) is 0 Å². The molecule has 0 saturated carbocycles. The Morgan fingerprint density at radius 1 is 1.18 bits per heavy atom. The summed E-state index contributed by atoms with van der Waals surface area (Å²) in [6.07, 6.45) is 2.70. The molecule has 1 aromatic rings. The summed E-state index contributed by atoms with van der Waals surface area (Å²) in [6.45, 7) is 6.35. The van der Waals surface area contributed by atoms with Crippen LogP contribution in [0.2, 0.25) is 0 Å². The molecule has 0 aliphatic carbocycles. The topological polar surface area (TPSA) is 67.4 Å². The summed E-state index contributed by atoms with van der Waals surface area (Å²) in [7, 11) is 0. The zero-order valence-corrected chi connectivity index (χ0v) is 13.0. The van der Waals surface area contributed by atoms with E-state index in [4.69, 9.17) is 4.74 Å². The van der Waals surface area contributed by atoms with Gasteiger partial charge in [-0.1, -0.05) is 43.0 Å². The fraction of sp³-hybridized carbons (Fsp3) is 0.412. The predicted octanol–water partition coefficient (Wildman–Crippen LogP) is 2.60. The summed E-state index contributed by atoms with van der Waals surface area (Å²) >= 11 is 0. The van der Waals surface area contributed by atoms with Crippen LogP contribution in [0.4, 0.5) is 4.79 Å². The summed E-state index contributed by atoms with van der Waals surface area (Å²) in [5, 5.41) is 5.53. The van der Waals surface area contributed by atoms with Crippen LogP contribution in [0.1, 0.15) is 31.2 Å². The van der Waals surface area contributed by atoms with Crippen LogP contribution in [0.5, 0.6) is 0 Å². The van der Waals surface area contributed by atoms with Crippen molar-refractivity contribution in [2.75, 3.05) is 19.7 Å². The molecule has 0 radical (unpaired) electrons. The van der Waals surface area contributed by atoms with Crippen molar-refractivity contribution >= 4 is 12.0 Å². The number of alkyl carbamates (subject to hydrolysis) is 1. The molecular weight excluding hydrogens is 280 g/mol. The van der Waals surface area contributed by atoms with E-state index in [1.165, 1.54) is 18.6 Å². The molecule has 5 nitrogen and oxygen atoms in total. The van der Waals surface area contributed by atoms with E-state index in [9.17, 15) is 9.59 Å². The first-order valence-corrected chi connectivity index (χ1v) is 7.44. The minimum atomic E-state index is -0.437. The molecule has 0 unspecified atom stereocenters.